The molecule has 1 aromatic heterocycles. The molecule has 2 aromatic rings. The lowest BCUT2D eigenvalue weighted by atomic mass is 10.2. The van der Waals surface area contributed by atoms with Gasteiger partial charge in [0.05, 0.1) is 12.2 Å². The van der Waals surface area contributed by atoms with Gasteiger partial charge in [-0.3, -0.25) is 16.0 Å². The van der Waals surface area contributed by atoms with Crippen LogP contribution >= 0.6 is 11.8 Å². The van der Waals surface area contributed by atoms with Gasteiger partial charge < -0.3 is 0 Å². The van der Waals surface area contributed by atoms with Gasteiger partial charge in [0.2, 0.25) is 0 Å². The number of benzene rings is 1. The number of hydrogen-bond donors (Lipinski definition) is 2. The second-order valence-electron chi connectivity index (χ2n) is 3.97. The van der Waals surface area contributed by atoms with Crippen molar-refractivity contribution in [3.8, 4) is 0 Å². The van der Waals surface area contributed by atoms with Gasteiger partial charge in [0.25, 0.3) is 0 Å². The van der Waals surface area contributed by atoms with Crippen molar-refractivity contribution in [2.75, 3.05) is 5.75 Å². The van der Waals surface area contributed by atoms with Crippen LogP contribution in [0.15, 0.2) is 47.6 Å². The zero-order valence-corrected chi connectivity index (χ0v) is 11.2. The molecule has 5 heteroatoms. The molecular formula is C13H18N4S. The Morgan fingerprint density at radius 2 is 2.17 bits per heavy atom. The maximum Gasteiger partial charge on any atom is 0.0584 e. The Labute approximate surface area is 112 Å². The summed E-state index contributed by atoms with van der Waals surface area (Å²) in [6, 6.07) is 10.4. The van der Waals surface area contributed by atoms with Crippen LogP contribution in [-0.4, -0.2) is 15.5 Å². The molecule has 0 saturated carbocycles. The first-order chi connectivity index (χ1) is 8.83. The highest BCUT2D eigenvalue weighted by Crippen LogP contribution is 2.23. The van der Waals surface area contributed by atoms with E-state index in [1.807, 2.05) is 35.3 Å². The lowest BCUT2D eigenvalue weighted by Crippen LogP contribution is -2.29. The van der Waals surface area contributed by atoms with Gasteiger partial charge in [-0.25, -0.2) is 0 Å². The van der Waals surface area contributed by atoms with Crippen molar-refractivity contribution in [2.24, 2.45) is 5.84 Å². The van der Waals surface area contributed by atoms with E-state index < -0.39 is 0 Å². The number of hydrogen-bond acceptors (Lipinski definition) is 4. The Morgan fingerprint density at radius 1 is 1.39 bits per heavy atom. The second-order valence-corrected chi connectivity index (χ2v) is 5.07. The molecule has 2 rings (SSSR count). The highest BCUT2D eigenvalue weighted by atomic mass is 32.2. The first kappa shape index (κ1) is 13.1. The van der Waals surface area contributed by atoms with E-state index in [9.17, 15) is 0 Å². The topological polar surface area (TPSA) is 55.9 Å². The summed E-state index contributed by atoms with van der Waals surface area (Å²) in [5.74, 6) is 6.50. The van der Waals surface area contributed by atoms with Crippen LogP contribution in [0.5, 0.6) is 0 Å². The third-order valence-electron chi connectivity index (χ3n) is 2.74. The summed E-state index contributed by atoms with van der Waals surface area (Å²) < 4.78 is 1.91. The molecule has 1 atom stereocenters. The van der Waals surface area contributed by atoms with Crippen LogP contribution in [-0.2, 0) is 6.54 Å². The van der Waals surface area contributed by atoms with Crippen LogP contribution in [0.1, 0.15) is 18.5 Å². The monoisotopic (exact) mass is 262 g/mol. The number of aromatic nitrogens is 2. The van der Waals surface area contributed by atoms with E-state index in [1.54, 1.807) is 11.8 Å². The van der Waals surface area contributed by atoms with E-state index in [2.05, 4.69) is 29.6 Å². The summed E-state index contributed by atoms with van der Waals surface area (Å²) in [7, 11) is 0. The Hall–Kier alpha value is -1.30. The zero-order chi connectivity index (χ0) is 12.8. The molecule has 3 N–H and O–H groups in total. The highest BCUT2D eigenvalue weighted by molar-refractivity contribution is 7.99. The van der Waals surface area contributed by atoms with Crippen molar-refractivity contribution < 1.29 is 0 Å². The SMILES string of the molecule is CCn1cc(C(CSc2ccccc2)NN)cn1. The number of hydrazine groups is 1. The van der Waals surface area contributed by atoms with E-state index >= 15 is 0 Å². The first-order valence-electron chi connectivity index (χ1n) is 5.99. The predicted octanol–water partition coefficient (Wildman–Crippen LogP) is 2.20. The fraction of sp³-hybridized carbons (Fsp3) is 0.308. The lowest BCUT2D eigenvalue weighted by molar-refractivity contribution is 0.607. The number of nitrogens with one attached hydrogen (secondary N) is 1. The third-order valence-corrected chi connectivity index (χ3v) is 3.85. The molecule has 0 aliphatic rings. The average Bonchev–Trinajstić information content (AvgIpc) is 2.89. The molecule has 0 radical (unpaired) electrons. The van der Waals surface area contributed by atoms with Crippen molar-refractivity contribution >= 4 is 11.8 Å². The van der Waals surface area contributed by atoms with Crippen LogP contribution in [0.3, 0.4) is 0 Å². The fourth-order valence-corrected chi connectivity index (χ4v) is 2.67. The van der Waals surface area contributed by atoms with Gasteiger partial charge in [-0.05, 0) is 19.1 Å². The fourth-order valence-electron chi connectivity index (χ4n) is 1.67. The standard InChI is InChI=1S/C13H18N4S/c1-2-17-9-11(8-15-17)13(16-14)10-18-12-6-4-3-5-7-12/h3-9,13,16H,2,10,14H2,1H3. The van der Waals surface area contributed by atoms with Gasteiger partial charge in [-0.1, -0.05) is 18.2 Å². The summed E-state index contributed by atoms with van der Waals surface area (Å²) in [6.45, 7) is 2.95. The summed E-state index contributed by atoms with van der Waals surface area (Å²) >= 11 is 1.79. The van der Waals surface area contributed by atoms with E-state index in [0.717, 1.165) is 17.9 Å². The summed E-state index contributed by atoms with van der Waals surface area (Å²) in [5.41, 5.74) is 3.98. The molecule has 0 aliphatic heterocycles. The van der Waals surface area contributed by atoms with Crippen LogP contribution in [0.25, 0.3) is 0 Å². The minimum atomic E-state index is 0.121. The maximum absolute atomic E-state index is 5.62. The minimum absolute atomic E-state index is 0.121. The Kier molecular flexibility index (Phi) is 4.81. The molecule has 0 saturated heterocycles. The summed E-state index contributed by atoms with van der Waals surface area (Å²) in [6.07, 6.45) is 3.91. The molecule has 1 aromatic carbocycles. The van der Waals surface area contributed by atoms with Gasteiger partial charge in [0.1, 0.15) is 0 Å². The maximum atomic E-state index is 5.62. The number of rotatable bonds is 6. The normalized spacial score (nSPS) is 12.6. The average molecular weight is 262 g/mol. The first-order valence-corrected chi connectivity index (χ1v) is 6.98. The van der Waals surface area contributed by atoms with E-state index in [1.165, 1.54) is 4.90 Å². The molecular weight excluding hydrogens is 244 g/mol. The van der Waals surface area contributed by atoms with E-state index in [0.29, 0.717) is 0 Å². The molecule has 0 spiro atoms. The molecule has 18 heavy (non-hydrogen) atoms. The number of nitrogens with two attached hydrogens (primary N) is 1. The number of thioether (sulfide) groups is 1. The van der Waals surface area contributed by atoms with Crippen molar-refractivity contribution in [3.63, 3.8) is 0 Å². The number of aryl methyl sites for hydroxylation is 1. The number of nitrogens with zero attached hydrogens (tertiary/aromatic N) is 2. The highest BCUT2D eigenvalue weighted by Gasteiger charge is 2.12. The van der Waals surface area contributed by atoms with Gasteiger partial charge in [0.15, 0.2) is 0 Å². The van der Waals surface area contributed by atoms with Crippen LogP contribution < -0.4 is 11.3 Å². The molecule has 1 heterocycles. The second kappa shape index (κ2) is 6.58. The van der Waals surface area contributed by atoms with Crippen molar-refractivity contribution in [2.45, 2.75) is 24.4 Å². The molecule has 0 bridgehead atoms. The zero-order valence-electron chi connectivity index (χ0n) is 10.4. The van der Waals surface area contributed by atoms with Gasteiger partial charge in [-0.2, -0.15) is 5.10 Å². The third kappa shape index (κ3) is 3.35. The summed E-state index contributed by atoms with van der Waals surface area (Å²) in [4.78, 5) is 1.25. The quantitative estimate of drug-likeness (QED) is 0.476. The van der Waals surface area contributed by atoms with Gasteiger partial charge in [-0.15, -0.1) is 11.8 Å². The minimum Gasteiger partial charge on any atom is -0.273 e. The molecule has 0 aliphatic carbocycles. The van der Waals surface area contributed by atoms with Crippen molar-refractivity contribution in [1.82, 2.24) is 15.2 Å². The molecule has 96 valence electrons. The lowest BCUT2D eigenvalue weighted by Gasteiger charge is -2.13. The molecule has 0 fully saturated rings. The van der Waals surface area contributed by atoms with E-state index in [-0.39, 0.29) is 6.04 Å². The molecule has 4 nitrogen and oxygen atoms in total. The molecule has 1 unspecified atom stereocenters. The smallest absolute Gasteiger partial charge is 0.0584 e. The van der Waals surface area contributed by atoms with Gasteiger partial charge in [0, 0.05) is 29.0 Å². The van der Waals surface area contributed by atoms with E-state index in [4.69, 9.17) is 5.84 Å². The summed E-state index contributed by atoms with van der Waals surface area (Å²) in [5, 5.41) is 4.27. The largest absolute Gasteiger partial charge is 0.273 e. The van der Waals surface area contributed by atoms with Crippen LogP contribution in [0.2, 0.25) is 0 Å². The van der Waals surface area contributed by atoms with Crippen molar-refractivity contribution in [1.29, 1.82) is 0 Å². The Bertz CT molecular complexity index is 469. The Balaban J connectivity index is 1.97. The molecule has 0 amide bonds. The predicted molar refractivity (Wildman–Crippen MR) is 75.1 cm³/mol. The Morgan fingerprint density at radius 3 is 2.78 bits per heavy atom. The van der Waals surface area contributed by atoms with Crippen molar-refractivity contribution in [3.05, 3.63) is 48.3 Å². The van der Waals surface area contributed by atoms with Crippen LogP contribution in [0.4, 0.5) is 0 Å². The van der Waals surface area contributed by atoms with Crippen LogP contribution in [0, 0.1) is 0 Å². The van der Waals surface area contributed by atoms with Gasteiger partial charge >= 0.3 is 0 Å².